The Kier molecular flexibility index (Phi) is 4.32. The quantitative estimate of drug-likeness (QED) is 0.726. The predicted molar refractivity (Wildman–Crippen MR) is 70.9 cm³/mol. The largest absolute Gasteiger partial charge is 0.501 e. The van der Waals surface area contributed by atoms with Gasteiger partial charge in [-0.15, -0.1) is 11.8 Å². The Balaban J connectivity index is 2.36. The summed E-state index contributed by atoms with van der Waals surface area (Å²) in [5.74, 6) is -1.50. The molecule has 0 radical (unpaired) electrons. The van der Waals surface area contributed by atoms with Crippen LogP contribution in [0.15, 0.2) is 10.7 Å². The number of fused-ring (bicyclic) bond motifs is 1. The monoisotopic (exact) mass is 306 g/mol. The second kappa shape index (κ2) is 5.64. The van der Waals surface area contributed by atoms with E-state index in [1.165, 1.54) is 11.8 Å². The van der Waals surface area contributed by atoms with Crippen molar-refractivity contribution >= 4 is 35.5 Å². The third kappa shape index (κ3) is 2.44. The van der Waals surface area contributed by atoms with Crippen LogP contribution in [0.2, 0.25) is 0 Å². The normalized spacial score (nSPS) is 30.6. The molecule has 0 aliphatic carbocycles. The fraction of sp³-hybridized carbons (Fsp3) is 0.636. The van der Waals surface area contributed by atoms with Gasteiger partial charge in [0.25, 0.3) is 5.60 Å². The molecule has 2 N–H and O–H groups in total. The Morgan fingerprint density at radius 3 is 3.00 bits per heavy atom. The van der Waals surface area contributed by atoms with Gasteiger partial charge >= 0.3 is 11.9 Å². The number of hydrogen-bond donors (Lipinski definition) is 2. The number of aliphatic hydroxyl groups excluding tert-OH is 2. The second-order valence-electron chi connectivity index (χ2n) is 4.04. The second-order valence-corrected chi connectivity index (χ2v) is 6.36. The molecular formula is C11H14O6S2. The van der Waals surface area contributed by atoms with Crippen molar-refractivity contribution in [1.82, 2.24) is 0 Å². The summed E-state index contributed by atoms with van der Waals surface area (Å²) < 4.78 is 10.0. The van der Waals surface area contributed by atoms with E-state index >= 15 is 0 Å². The van der Waals surface area contributed by atoms with Gasteiger partial charge in [0.15, 0.2) is 0 Å². The SMILES string of the molecule is CCOC(=O)C12CSC(CO)CSC1=C(O)C(=O)O2. The molecule has 2 heterocycles. The fourth-order valence-electron chi connectivity index (χ4n) is 1.82. The van der Waals surface area contributed by atoms with Gasteiger partial charge in [-0.1, -0.05) is 0 Å². The molecule has 0 saturated carbocycles. The van der Waals surface area contributed by atoms with Gasteiger partial charge in [0, 0.05) is 11.0 Å². The lowest BCUT2D eigenvalue weighted by Gasteiger charge is -2.25. The summed E-state index contributed by atoms with van der Waals surface area (Å²) in [6.45, 7) is 1.77. The molecule has 0 bridgehead atoms. The topological polar surface area (TPSA) is 93.1 Å². The molecule has 0 aromatic heterocycles. The Morgan fingerprint density at radius 2 is 2.37 bits per heavy atom. The average Bonchev–Trinajstić information content (AvgIpc) is 2.55. The summed E-state index contributed by atoms with van der Waals surface area (Å²) in [7, 11) is 0. The van der Waals surface area contributed by atoms with Crippen LogP contribution in [-0.2, 0) is 19.1 Å². The minimum Gasteiger partial charge on any atom is -0.501 e. The predicted octanol–water partition coefficient (Wildman–Crippen LogP) is 0.456. The first-order chi connectivity index (χ1) is 9.05. The van der Waals surface area contributed by atoms with Gasteiger partial charge in [0.2, 0.25) is 5.76 Å². The molecule has 2 unspecified atom stereocenters. The Labute approximate surface area is 118 Å². The van der Waals surface area contributed by atoms with Crippen LogP contribution in [0, 0.1) is 0 Å². The highest BCUT2D eigenvalue weighted by Crippen LogP contribution is 2.46. The van der Waals surface area contributed by atoms with Gasteiger partial charge in [0.1, 0.15) is 0 Å². The molecule has 2 aliphatic rings. The summed E-state index contributed by atoms with van der Waals surface area (Å²) in [6.07, 6.45) is 0. The smallest absolute Gasteiger partial charge is 0.375 e. The number of carbonyl (C=O) groups excluding carboxylic acids is 2. The van der Waals surface area contributed by atoms with E-state index in [0.29, 0.717) is 5.75 Å². The van der Waals surface area contributed by atoms with E-state index < -0.39 is 23.3 Å². The minimum atomic E-state index is -1.56. The number of ether oxygens (including phenoxy) is 2. The summed E-state index contributed by atoms with van der Waals surface area (Å²) in [4.78, 5) is 23.8. The fourth-order valence-corrected chi connectivity index (χ4v) is 4.51. The van der Waals surface area contributed by atoms with E-state index in [1.54, 1.807) is 6.92 Å². The molecular weight excluding hydrogens is 292 g/mol. The lowest BCUT2D eigenvalue weighted by molar-refractivity contribution is -0.169. The Bertz CT molecular complexity index is 435. The van der Waals surface area contributed by atoms with Crippen LogP contribution in [0.25, 0.3) is 0 Å². The number of rotatable bonds is 3. The lowest BCUT2D eigenvalue weighted by Crippen LogP contribution is -2.44. The molecule has 0 spiro atoms. The molecule has 8 heteroatoms. The van der Waals surface area contributed by atoms with Gasteiger partial charge in [0.05, 0.1) is 23.9 Å². The minimum absolute atomic E-state index is 0.0431. The zero-order valence-electron chi connectivity index (χ0n) is 10.2. The van der Waals surface area contributed by atoms with Gasteiger partial charge in [-0.3, -0.25) is 0 Å². The van der Waals surface area contributed by atoms with Crippen molar-refractivity contribution in [3.8, 4) is 0 Å². The first-order valence-electron chi connectivity index (χ1n) is 5.74. The maximum atomic E-state index is 12.1. The molecule has 2 aliphatic heterocycles. The third-order valence-corrected chi connectivity index (χ3v) is 5.74. The van der Waals surface area contributed by atoms with Gasteiger partial charge in [-0.05, 0) is 6.92 Å². The van der Waals surface area contributed by atoms with E-state index in [1.807, 2.05) is 0 Å². The number of esters is 2. The van der Waals surface area contributed by atoms with Crippen LogP contribution in [0.3, 0.4) is 0 Å². The molecule has 1 saturated heterocycles. The van der Waals surface area contributed by atoms with Crippen LogP contribution >= 0.6 is 23.5 Å². The van der Waals surface area contributed by atoms with Crippen LogP contribution < -0.4 is 0 Å². The maximum Gasteiger partial charge on any atom is 0.375 e. The Hall–Kier alpha value is -0.860. The zero-order chi connectivity index (χ0) is 14.0. The van der Waals surface area contributed by atoms with Crippen molar-refractivity contribution in [2.45, 2.75) is 17.8 Å². The van der Waals surface area contributed by atoms with Crippen molar-refractivity contribution in [2.24, 2.45) is 0 Å². The molecule has 2 atom stereocenters. The summed E-state index contributed by atoms with van der Waals surface area (Å²) in [5.41, 5.74) is -1.56. The average molecular weight is 306 g/mol. The molecule has 106 valence electrons. The third-order valence-electron chi connectivity index (χ3n) is 2.79. The number of carbonyl (C=O) groups is 2. The van der Waals surface area contributed by atoms with E-state index in [0.717, 1.165) is 11.8 Å². The highest BCUT2D eigenvalue weighted by molar-refractivity contribution is 8.06. The highest BCUT2D eigenvalue weighted by atomic mass is 32.2. The Morgan fingerprint density at radius 1 is 1.63 bits per heavy atom. The van der Waals surface area contributed by atoms with Crippen LogP contribution in [-0.4, -0.2) is 57.7 Å². The zero-order valence-corrected chi connectivity index (χ0v) is 11.9. The maximum absolute atomic E-state index is 12.1. The van der Waals surface area contributed by atoms with E-state index in [4.69, 9.17) is 9.47 Å². The molecule has 0 amide bonds. The van der Waals surface area contributed by atoms with E-state index in [2.05, 4.69) is 0 Å². The molecule has 2 rings (SSSR count). The van der Waals surface area contributed by atoms with E-state index in [-0.39, 0.29) is 29.1 Å². The summed E-state index contributed by atoms with van der Waals surface area (Å²) >= 11 is 2.48. The lowest BCUT2D eigenvalue weighted by atomic mass is 10.1. The van der Waals surface area contributed by atoms with Crippen molar-refractivity contribution in [2.75, 3.05) is 24.7 Å². The number of hydrogen-bond acceptors (Lipinski definition) is 8. The highest BCUT2D eigenvalue weighted by Gasteiger charge is 2.57. The molecule has 0 aromatic carbocycles. The summed E-state index contributed by atoms with van der Waals surface area (Å²) in [6, 6.07) is 0. The molecule has 6 nitrogen and oxygen atoms in total. The molecule has 19 heavy (non-hydrogen) atoms. The van der Waals surface area contributed by atoms with Crippen LogP contribution in [0.1, 0.15) is 6.92 Å². The molecule has 1 fully saturated rings. The first kappa shape index (κ1) is 14.5. The standard InChI is InChI=1S/C11H14O6S2/c1-2-16-10(15)11-5-19-6(3-12)4-18-8(11)7(13)9(14)17-11/h6,12-13H,2-5H2,1H3. The van der Waals surface area contributed by atoms with Crippen molar-refractivity contribution < 1.29 is 29.3 Å². The first-order valence-corrected chi connectivity index (χ1v) is 7.78. The van der Waals surface area contributed by atoms with Crippen molar-refractivity contribution in [1.29, 1.82) is 0 Å². The number of thioether (sulfide) groups is 2. The van der Waals surface area contributed by atoms with Gasteiger partial charge < -0.3 is 19.7 Å². The van der Waals surface area contributed by atoms with Gasteiger partial charge in [-0.25, -0.2) is 9.59 Å². The van der Waals surface area contributed by atoms with Crippen LogP contribution in [0.4, 0.5) is 0 Å². The van der Waals surface area contributed by atoms with Gasteiger partial charge in [-0.2, -0.15) is 11.8 Å². The summed E-state index contributed by atoms with van der Waals surface area (Å²) in [5, 5.41) is 18.9. The van der Waals surface area contributed by atoms with Crippen LogP contribution in [0.5, 0.6) is 0 Å². The molecule has 0 aromatic rings. The van der Waals surface area contributed by atoms with Crippen molar-refractivity contribution in [3.05, 3.63) is 10.7 Å². The number of aliphatic hydroxyl groups is 2. The van der Waals surface area contributed by atoms with Crippen molar-refractivity contribution in [3.63, 3.8) is 0 Å². The van der Waals surface area contributed by atoms with E-state index in [9.17, 15) is 19.8 Å².